The monoisotopic (exact) mass is 1250 g/mol. The third-order valence-electron chi connectivity index (χ3n) is 14.4. The van der Waals surface area contributed by atoms with Gasteiger partial charge in [0.05, 0.1) is 10.8 Å². The summed E-state index contributed by atoms with van der Waals surface area (Å²) >= 11 is 0. The van der Waals surface area contributed by atoms with Gasteiger partial charge in [-0.3, -0.25) is 24.0 Å². The molecule has 9 unspecified atom stereocenters. The van der Waals surface area contributed by atoms with Gasteiger partial charge < -0.3 is 125 Å². The Hall–Kier alpha value is -5.57. The Bertz CT molecular complexity index is 2460. The third kappa shape index (κ3) is 21.3. The number of carbonyl (C=O) groups is 7. The maximum atomic E-state index is 13.1. The minimum Gasteiger partial charge on any atom is -0.462 e. The zero-order chi connectivity index (χ0) is 67.0. The number of nitrogens with one attached hydrogen (secondary N) is 2. The van der Waals surface area contributed by atoms with E-state index in [4.69, 9.17) is 37.9 Å². The van der Waals surface area contributed by atoms with Crippen LogP contribution >= 0.6 is 0 Å². The van der Waals surface area contributed by atoms with Crippen LogP contribution in [0.4, 0.5) is 0 Å². The van der Waals surface area contributed by atoms with Crippen molar-refractivity contribution in [2.75, 3.05) is 26.4 Å². The Morgan fingerprint density at radius 1 is 0.460 bits per heavy atom. The molecule has 496 valence electrons. The van der Waals surface area contributed by atoms with E-state index >= 15 is 0 Å². The minimum absolute atomic E-state index is 0.0877. The molecule has 4 saturated heterocycles. The van der Waals surface area contributed by atoms with Crippen LogP contribution in [0.1, 0.15) is 86.0 Å². The number of benzene rings is 1. The van der Waals surface area contributed by atoms with Gasteiger partial charge in [-0.1, -0.05) is 50.4 Å². The summed E-state index contributed by atoms with van der Waals surface area (Å²) in [6.07, 6.45) is -27.4. The Labute approximate surface area is 500 Å². The number of rotatable bonds is 18. The lowest BCUT2D eigenvalue weighted by molar-refractivity contribution is -0.288. The fourth-order valence-electron chi connectivity index (χ4n) is 8.31. The van der Waals surface area contributed by atoms with Crippen molar-refractivity contribution in [1.82, 2.24) is 10.6 Å². The van der Waals surface area contributed by atoms with Crippen molar-refractivity contribution in [2.24, 2.45) is 10.8 Å². The zero-order valence-corrected chi connectivity index (χ0v) is 49.7. The Morgan fingerprint density at radius 2 is 0.770 bits per heavy atom. The molecule has 5 rings (SSSR count). The quantitative estimate of drug-likeness (QED) is 0.0281. The lowest BCUT2D eigenvalue weighted by Gasteiger charge is -2.42. The topological polar surface area (TPSA) is 521 Å². The molecule has 17 N–H and O–H groups in total. The molecule has 0 aromatic heterocycles. The lowest BCUT2D eigenvalue weighted by Crippen LogP contribution is -2.64. The highest BCUT2D eigenvalue weighted by Crippen LogP contribution is 2.44. The first-order valence-corrected chi connectivity index (χ1v) is 27.1. The van der Waals surface area contributed by atoms with E-state index in [1.54, 1.807) is 31.2 Å². The number of amides is 2. The van der Waals surface area contributed by atoms with Crippen molar-refractivity contribution in [3.8, 4) is 0 Å². The fourth-order valence-corrected chi connectivity index (χ4v) is 8.31. The van der Waals surface area contributed by atoms with Gasteiger partial charge in [0.2, 0.25) is 11.8 Å². The van der Waals surface area contributed by atoms with Crippen molar-refractivity contribution in [2.45, 2.75) is 204 Å². The van der Waals surface area contributed by atoms with Crippen LogP contribution in [0, 0.1) is 10.8 Å². The number of Topliss-reactive ketones (excluding diaryl/α,β-unsaturated/α-hetero) is 1. The van der Waals surface area contributed by atoms with Crippen molar-refractivity contribution in [3.63, 3.8) is 0 Å². The second-order valence-electron chi connectivity index (χ2n) is 22.1. The third-order valence-corrected chi connectivity index (χ3v) is 14.4. The van der Waals surface area contributed by atoms with E-state index in [1.165, 1.54) is 55.4 Å². The SMILES string of the molecule is C=C(C)C(=O)OCC1O[C@@H](O)C(NC(C)=O)[C@@H](O)[C@@H]1O.C=C(C)C(=O)OCC1O[C@@H](O)C(O)[C@@H](O)[C@@H]1O.CC(C)(O)C(=O)c1ccccc1.CCC(C)(C(=O)OCC1O[C@@H](O)C(O)[C@@H](O)[C@@H]1O)C(C)(C)C(=O)OCC1O[C@@H](O)C(NC(C)=O)[C@@H](O)[C@@H]1O. The van der Waals surface area contributed by atoms with E-state index in [-0.39, 0.29) is 36.6 Å². The normalized spacial score (nSPS) is 33.0. The number of hydrogen-bond acceptors (Lipinski definition) is 30. The standard InChI is InChI=1S/C23H39NO14.C12H19NO7.C10H16O7.C10H12O2/c1-6-23(5,21(34)36-8-11-14(27)16(29)17(30)19(32)38-11)22(3,4)20(33)35-7-10-13(26)15(28)12(18(31)37-10)24-9(2)25;1-5(2)11(17)19-4-7-9(15)10(16)8(12(18)20-7)13-6(3)14;1-4(2)9(14)16-3-5-6(11)7(12)8(13)10(15)17-5;1-10(2,12)9(11)8-6-4-3-5-7-8/h10-19,26-32H,6-8H2,1-5H3,(H,24,25);7-10,12,15-16,18H,1,4H2,2-3H3,(H,13,14);5-8,10-13,15H,1,3H2,2H3;3-7,12H,1-2H3/t10?,11?,12?,13-,14-,15-,16+,17?,18-,19-,23?;7?,8?,9-,10-,12-;5?,6-,7+,8?,10-;/m111./s1. The summed E-state index contributed by atoms with van der Waals surface area (Å²) in [7, 11) is 0. The van der Waals surface area contributed by atoms with Crippen molar-refractivity contribution < 1.29 is 148 Å². The van der Waals surface area contributed by atoms with Gasteiger partial charge in [0.1, 0.15) is 130 Å². The van der Waals surface area contributed by atoms with Crippen molar-refractivity contribution >= 4 is 41.5 Å². The van der Waals surface area contributed by atoms with Crippen LogP contribution in [0.2, 0.25) is 0 Å². The van der Waals surface area contributed by atoms with Crippen LogP contribution < -0.4 is 10.6 Å². The predicted molar refractivity (Wildman–Crippen MR) is 292 cm³/mol. The van der Waals surface area contributed by atoms with Crippen LogP contribution in [0.5, 0.6) is 0 Å². The van der Waals surface area contributed by atoms with E-state index in [1.807, 2.05) is 6.07 Å². The van der Waals surface area contributed by atoms with Crippen LogP contribution in [0.25, 0.3) is 0 Å². The molecule has 32 heteroatoms. The lowest BCUT2D eigenvalue weighted by atomic mass is 9.65. The van der Waals surface area contributed by atoms with Gasteiger partial charge in [0.15, 0.2) is 30.9 Å². The van der Waals surface area contributed by atoms with E-state index in [2.05, 4.69) is 23.8 Å². The average Bonchev–Trinajstić information content (AvgIpc) is 3.29. The van der Waals surface area contributed by atoms with E-state index < -0.39 is 188 Å². The molecule has 4 aliphatic heterocycles. The van der Waals surface area contributed by atoms with Crippen molar-refractivity contribution in [1.29, 1.82) is 0 Å². The predicted octanol–water partition coefficient (Wildman–Crippen LogP) is -6.15. The van der Waals surface area contributed by atoms with Gasteiger partial charge in [0, 0.05) is 30.6 Å². The van der Waals surface area contributed by atoms with E-state index in [9.17, 15) is 110 Å². The molecule has 0 spiro atoms. The molecule has 87 heavy (non-hydrogen) atoms. The average molecular weight is 1260 g/mol. The Balaban J connectivity index is 0.000000439. The molecule has 4 fully saturated rings. The molecule has 2 amide bonds. The number of hydrogen-bond donors (Lipinski definition) is 17. The van der Waals surface area contributed by atoms with Gasteiger partial charge >= 0.3 is 23.9 Å². The summed E-state index contributed by atoms with van der Waals surface area (Å²) in [6, 6.07) is 6.32. The van der Waals surface area contributed by atoms with Gasteiger partial charge in [-0.25, -0.2) is 9.59 Å². The highest BCUT2D eigenvalue weighted by atomic mass is 16.7. The molecular weight excluding hydrogens is 1170 g/mol. The zero-order valence-electron chi connectivity index (χ0n) is 49.7. The molecule has 21 atom stereocenters. The van der Waals surface area contributed by atoms with Crippen molar-refractivity contribution in [3.05, 3.63) is 60.2 Å². The van der Waals surface area contributed by atoms with Crippen LogP contribution in [-0.4, -0.2) is 273 Å². The number of ketones is 1. The van der Waals surface area contributed by atoms with Gasteiger partial charge in [0.25, 0.3) is 0 Å². The summed E-state index contributed by atoms with van der Waals surface area (Å²) in [5.74, 6) is -4.43. The smallest absolute Gasteiger partial charge is 0.333 e. The summed E-state index contributed by atoms with van der Waals surface area (Å²) in [5.41, 5.74) is -3.41. The Morgan fingerprint density at radius 3 is 1.08 bits per heavy atom. The second-order valence-corrected chi connectivity index (χ2v) is 22.1. The van der Waals surface area contributed by atoms with E-state index in [0.717, 1.165) is 6.92 Å². The minimum atomic E-state index is -1.82. The first kappa shape index (κ1) is 77.5. The maximum absolute atomic E-state index is 13.1. The molecule has 0 radical (unpaired) electrons. The molecular formula is C55H86N2O30. The van der Waals surface area contributed by atoms with E-state index in [0.29, 0.717) is 5.56 Å². The molecule has 0 aliphatic carbocycles. The van der Waals surface area contributed by atoms with Gasteiger partial charge in [-0.15, -0.1) is 0 Å². The molecule has 32 nitrogen and oxygen atoms in total. The molecule has 1 aromatic rings. The second kappa shape index (κ2) is 33.9. The van der Waals surface area contributed by atoms with Crippen LogP contribution in [-0.2, 0) is 66.7 Å². The van der Waals surface area contributed by atoms with Gasteiger partial charge in [-0.05, 0) is 54.9 Å². The maximum Gasteiger partial charge on any atom is 0.333 e. The summed E-state index contributed by atoms with van der Waals surface area (Å²) < 4.78 is 40.1. The molecule has 0 saturated carbocycles. The molecule has 4 aliphatic rings. The molecule has 0 bridgehead atoms. The highest BCUT2D eigenvalue weighted by Gasteiger charge is 2.55. The largest absolute Gasteiger partial charge is 0.462 e. The number of esters is 4. The molecule has 1 aromatic carbocycles. The number of aliphatic hydroxyl groups excluding tert-OH is 14. The van der Waals surface area contributed by atoms with Crippen LogP contribution in [0.15, 0.2) is 54.6 Å². The number of ether oxygens (including phenoxy) is 8. The van der Waals surface area contributed by atoms with Gasteiger partial charge in [-0.2, -0.15) is 0 Å². The van der Waals surface area contributed by atoms with Crippen LogP contribution in [0.3, 0.4) is 0 Å². The molecule has 4 heterocycles. The first-order chi connectivity index (χ1) is 40.1. The highest BCUT2D eigenvalue weighted by molar-refractivity contribution is 6.01. The fraction of sp³-hybridized carbons (Fsp3) is 0.691. The summed E-state index contributed by atoms with van der Waals surface area (Å²) in [6.45, 7) is 19.0. The summed E-state index contributed by atoms with van der Waals surface area (Å²) in [4.78, 5) is 82.1. The Kier molecular flexibility index (Phi) is 30.2. The number of aliphatic hydroxyl groups is 15. The number of carbonyl (C=O) groups excluding carboxylic acids is 7. The summed E-state index contributed by atoms with van der Waals surface area (Å²) in [5, 5.41) is 150. The first-order valence-electron chi connectivity index (χ1n) is 27.1.